The second-order valence-corrected chi connectivity index (χ2v) is 10.5. The molecule has 2 heterocycles. The minimum absolute atomic E-state index is 0. The third-order valence-electron chi connectivity index (χ3n) is 7.33. The van der Waals surface area contributed by atoms with Gasteiger partial charge in [-0.3, -0.25) is 9.59 Å². The van der Waals surface area contributed by atoms with Crippen LogP contribution in [-0.4, -0.2) is 56.8 Å². The van der Waals surface area contributed by atoms with Gasteiger partial charge in [0.2, 0.25) is 5.91 Å². The molecule has 0 aromatic heterocycles. The molecule has 5 rings (SSSR count). The first-order valence-electron chi connectivity index (χ1n) is 14.0. The predicted octanol–water partition coefficient (Wildman–Crippen LogP) is 4.60. The average molecular weight is 622 g/mol. The highest BCUT2D eigenvalue weighted by atomic mass is 79.9. The highest BCUT2D eigenvalue weighted by Gasteiger charge is 2.51. The van der Waals surface area contributed by atoms with E-state index in [1.54, 1.807) is 12.0 Å². The Morgan fingerprint density at radius 2 is 2.00 bits per heavy atom. The summed E-state index contributed by atoms with van der Waals surface area (Å²) in [5, 5.41) is 7.06. The zero-order valence-corrected chi connectivity index (χ0v) is 24.1. The number of carbonyl (C=O) groups excluding carboxylic acids is 2. The first kappa shape index (κ1) is 25.1. The summed E-state index contributed by atoms with van der Waals surface area (Å²) >= 11 is 3.53. The van der Waals surface area contributed by atoms with Crippen LogP contribution in [0.25, 0.3) is 10.8 Å². The summed E-state index contributed by atoms with van der Waals surface area (Å²) in [7, 11) is 1.59. The number of nitrogens with zero attached hydrogens (tertiary/aromatic N) is 1. The summed E-state index contributed by atoms with van der Waals surface area (Å²) in [6, 6.07) is 14.9. The number of fused-ring (bicyclic) bond motifs is 2. The van der Waals surface area contributed by atoms with Crippen LogP contribution in [0.3, 0.4) is 0 Å². The molecule has 2 aliphatic rings. The number of halogens is 2. The van der Waals surface area contributed by atoms with E-state index >= 15 is 0 Å². The molecule has 208 valence electrons. The fourth-order valence-electron chi connectivity index (χ4n) is 5.20. The summed E-state index contributed by atoms with van der Waals surface area (Å²) < 4.78 is 41.5. The average Bonchev–Trinajstić information content (AvgIpc) is 3.01. The second-order valence-electron chi connectivity index (χ2n) is 9.59. The molecule has 0 unspecified atom stereocenters. The van der Waals surface area contributed by atoms with Crippen LogP contribution < -0.4 is 25.0 Å². The predicted molar refractivity (Wildman–Crippen MR) is 157 cm³/mol. The van der Waals surface area contributed by atoms with Crippen LogP contribution >= 0.6 is 28.3 Å². The topological polar surface area (TPSA) is 89.1 Å². The second kappa shape index (κ2) is 12.1. The van der Waals surface area contributed by atoms with Crippen LogP contribution in [0.1, 0.15) is 29.4 Å². The van der Waals surface area contributed by atoms with Crippen molar-refractivity contribution in [2.75, 3.05) is 32.2 Å². The van der Waals surface area contributed by atoms with Crippen LogP contribution in [0, 0.1) is 0 Å². The molecule has 1 fully saturated rings. The summed E-state index contributed by atoms with van der Waals surface area (Å²) in [5.74, 6) is 0.136. The van der Waals surface area contributed by atoms with Crippen LogP contribution in [0.4, 0.5) is 5.69 Å². The number of ether oxygens (including phenoxy) is 3. The van der Waals surface area contributed by atoms with Gasteiger partial charge in [0.15, 0.2) is 0 Å². The number of methoxy groups -OCH3 is 1. The third-order valence-corrected chi connectivity index (χ3v) is 7.82. The van der Waals surface area contributed by atoms with E-state index in [0.717, 1.165) is 20.8 Å². The van der Waals surface area contributed by atoms with Gasteiger partial charge in [0.1, 0.15) is 23.1 Å². The Bertz CT molecular complexity index is 1470. The lowest BCUT2D eigenvalue weighted by molar-refractivity contribution is -0.138. The molecular weight excluding hydrogens is 586 g/mol. The fourth-order valence-corrected chi connectivity index (χ4v) is 5.58. The molecule has 1 spiro atoms. The Hall–Kier alpha value is -2.85. The van der Waals surface area contributed by atoms with E-state index in [-0.39, 0.29) is 24.9 Å². The molecule has 1 saturated heterocycles. The largest absolute Gasteiger partial charge is 0.496 e. The molecule has 0 bridgehead atoms. The van der Waals surface area contributed by atoms with E-state index in [1.165, 1.54) is 6.92 Å². The number of anilines is 1. The number of para-hydroxylation sites is 2. The summed E-state index contributed by atoms with van der Waals surface area (Å²) in [6.45, 7) is -0.248. The fraction of sp³-hybridized carbons (Fsp3) is 0.379. The van der Waals surface area contributed by atoms with Crippen molar-refractivity contribution >= 4 is 56.6 Å². The van der Waals surface area contributed by atoms with Crippen LogP contribution in [0.5, 0.6) is 11.5 Å². The van der Waals surface area contributed by atoms with Crippen molar-refractivity contribution in [1.29, 1.82) is 0 Å². The zero-order valence-electron chi connectivity index (χ0n) is 24.7. The van der Waals surface area contributed by atoms with E-state index in [1.807, 2.05) is 54.6 Å². The van der Waals surface area contributed by atoms with Crippen molar-refractivity contribution in [2.24, 2.45) is 0 Å². The lowest BCUT2D eigenvalue weighted by Gasteiger charge is -2.41. The van der Waals surface area contributed by atoms with Gasteiger partial charge in [-0.25, -0.2) is 0 Å². The van der Waals surface area contributed by atoms with Gasteiger partial charge in [0.25, 0.3) is 5.91 Å². The first-order valence-corrected chi connectivity index (χ1v) is 13.3. The highest BCUT2D eigenvalue weighted by Crippen LogP contribution is 2.42. The number of amides is 2. The quantitative estimate of drug-likeness (QED) is 0.418. The molecule has 10 heteroatoms. The van der Waals surface area contributed by atoms with Crippen molar-refractivity contribution in [3.8, 4) is 11.5 Å². The third kappa shape index (κ3) is 5.59. The molecule has 3 aromatic rings. The molecule has 39 heavy (non-hydrogen) atoms. The minimum atomic E-state index is -2.53. The number of rotatable bonds is 6. The molecule has 2 atom stereocenters. The van der Waals surface area contributed by atoms with Crippen LogP contribution in [0.15, 0.2) is 59.1 Å². The smallest absolute Gasteiger partial charge is 0.254 e. The molecular formula is C29H33BrClN3O5. The summed E-state index contributed by atoms with van der Waals surface area (Å²) in [5.41, 5.74) is 0.263. The molecule has 0 saturated carbocycles. The Morgan fingerprint density at radius 1 is 1.23 bits per heavy atom. The van der Waals surface area contributed by atoms with E-state index in [0.29, 0.717) is 43.2 Å². The number of nitrogens with one attached hydrogen (secondary N) is 2. The molecule has 0 aliphatic carbocycles. The molecule has 8 nitrogen and oxygen atoms in total. The van der Waals surface area contributed by atoms with E-state index < -0.39 is 30.6 Å². The van der Waals surface area contributed by atoms with Crippen molar-refractivity contribution in [3.05, 3.63) is 64.6 Å². The molecule has 2 N–H and O–H groups in total. The number of carbonyl (C=O) groups is 2. The van der Waals surface area contributed by atoms with Crippen molar-refractivity contribution in [2.45, 2.75) is 44.0 Å². The SMILES string of the molecule is Cl.[2H]C([2H])([2H])N[C@@H](C)C(=O)N[C@@H]1C(=O)N(Cc2c(OC)ccc3cc(Br)ccc23)c2ccccc2OC12CCOCC2. The molecule has 2 aliphatic heterocycles. The normalized spacial score (nSPS) is 20.4. The van der Waals surface area contributed by atoms with Gasteiger partial charge in [0.05, 0.1) is 38.6 Å². The van der Waals surface area contributed by atoms with Crippen LogP contribution in [-0.2, 0) is 20.9 Å². The van der Waals surface area contributed by atoms with Crippen molar-refractivity contribution < 1.29 is 27.9 Å². The van der Waals surface area contributed by atoms with E-state index in [4.69, 9.17) is 18.3 Å². The van der Waals surface area contributed by atoms with Crippen molar-refractivity contribution in [1.82, 2.24) is 10.6 Å². The van der Waals surface area contributed by atoms with E-state index in [9.17, 15) is 9.59 Å². The van der Waals surface area contributed by atoms with Gasteiger partial charge >= 0.3 is 0 Å². The molecule has 2 amide bonds. The van der Waals surface area contributed by atoms with Gasteiger partial charge in [-0.1, -0.05) is 40.2 Å². The number of benzene rings is 3. The molecule has 3 aromatic carbocycles. The monoisotopic (exact) mass is 620 g/mol. The maximum Gasteiger partial charge on any atom is 0.254 e. The highest BCUT2D eigenvalue weighted by molar-refractivity contribution is 9.10. The standard InChI is InChI=1S/C29H32BrN3O5.ClH/c1-18(31-2)27(34)32-26-28(35)33(17-22-21-10-9-20(30)16-19(21)8-11-24(22)36-3)23-6-4-5-7-25(23)38-29(26)12-14-37-15-13-29;/h4-11,16,18,26,31H,12-15,17H2,1-3H3,(H,32,34);1H/t18-,26+;/m0./s1/i2D3;. The summed E-state index contributed by atoms with van der Waals surface area (Å²) in [6.07, 6.45) is 0.719. The lowest BCUT2D eigenvalue weighted by atomic mass is 9.84. The Morgan fingerprint density at radius 3 is 2.74 bits per heavy atom. The Labute approximate surface area is 247 Å². The summed E-state index contributed by atoms with van der Waals surface area (Å²) in [4.78, 5) is 29.6. The number of likely N-dealkylation sites (N-methyl/N-ethyl adjacent to an activating group) is 1. The Balaban J connectivity index is 0.00000405. The van der Waals surface area contributed by atoms with Gasteiger partial charge < -0.3 is 29.7 Å². The molecule has 0 radical (unpaired) electrons. The lowest BCUT2D eigenvalue weighted by Crippen LogP contribution is -2.65. The van der Waals surface area contributed by atoms with Gasteiger partial charge in [-0.15, -0.1) is 12.4 Å². The maximum absolute atomic E-state index is 14.6. The number of hydrogen-bond donors (Lipinski definition) is 2. The van der Waals surface area contributed by atoms with Crippen LogP contribution in [0.2, 0.25) is 0 Å². The minimum Gasteiger partial charge on any atom is -0.496 e. The van der Waals surface area contributed by atoms with E-state index in [2.05, 4.69) is 26.6 Å². The van der Waals surface area contributed by atoms with Gasteiger partial charge in [-0.2, -0.15) is 0 Å². The van der Waals surface area contributed by atoms with Crippen molar-refractivity contribution in [3.63, 3.8) is 0 Å². The Kier molecular flexibility index (Phi) is 7.81. The zero-order chi connectivity index (χ0) is 29.4. The first-order chi connectivity index (χ1) is 19.5. The maximum atomic E-state index is 14.6. The van der Waals surface area contributed by atoms with Gasteiger partial charge in [-0.05, 0) is 55.0 Å². The van der Waals surface area contributed by atoms with Gasteiger partial charge in [0, 0.05) is 27.0 Å². The number of hydrogen-bond acceptors (Lipinski definition) is 6.